The summed E-state index contributed by atoms with van der Waals surface area (Å²) in [6.07, 6.45) is 9.17. The van der Waals surface area contributed by atoms with Crippen LogP contribution in [0.3, 0.4) is 0 Å². The smallest absolute Gasteiger partial charge is 0.214 e. The van der Waals surface area contributed by atoms with E-state index < -0.39 is 5.95 Å². The van der Waals surface area contributed by atoms with Gasteiger partial charge in [0.2, 0.25) is 5.95 Å². The molecule has 6 aromatic rings. The van der Waals surface area contributed by atoms with E-state index in [4.69, 9.17) is 28.2 Å². The fourth-order valence-electron chi connectivity index (χ4n) is 4.64. The van der Waals surface area contributed by atoms with Crippen LogP contribution in [0, 0.1) is 5.95 Å². The molecule has 0 spiro atoms. The monoisotopic (exact) mass is 591 g/mol. The number of imidazole rings is 2. The van der Waals surface area contributed by atoms with Gasteiger partial charge in [0, 0.05) is 49.5 Å². The van der Waals surface area contributed by atoms with Crippen molar-refractivity contribution in [2.45, 2.75) is 25.8 Å². The largest absolute Gasteiger partial charge is 0.354 e. The Hall–Kier alpha value is -4.55. The average molecular weight is 592 g/mol. The van der Waals surface area contributed by atoms with Crippen molar-refractivity contribution in [2.24, 2.45) is 0 Å². The van der Waals surface area contributed by atoms with Gasteiger partial charge >= 0.3 is 0 Å². The quantitative estimate of drug-likeness (QED) is 0.227. The molecule has 0 amide bonds. The number of nitrogens with zero attached hydrogens (tertiary/aromatic N) is 9. The van der Waals surface area contributed by atoms with Gasteiger partial charge in [-0.1, -0.05) is 35.3 Å². The molecule has 0 aromatic carbocycles. The summed E-state index contributed by atoms with van der Waals surface area (Å²) < 4.78 is 16.2. The average Bonchev–Trinajstić information content (AvgIpc) is 3.70. The molecule has 1 saturated heterocycles. The van der Waals surface area contributed by atoms with Gasteiger partial charge in [0.25, 0.3) is 0 Å². The Labute approximate surface area is 244 Å². The van der Waals surface area contributed by atoms with Crippen molar-refractivity contribution in [3.8, 4) is 0 Å². The van der Waals surface area contributed by atoms with Crippen LogP contribution in [-0.2, 0) is 0 Å². The number of pyridine rings is 2. The molecule has 7 rings (SSSR count). The SMILES string of the molecule is CC1CCCN1c1cccc(Nc2cc(Cl)nn3ccnc23)n1.Fc1cccc(Nc2cc(Cl)nn3ccnc23)n1. The van der Waals surface area contributed by atoms with Crippen molar-refractivity contribution in [3.63, 3.8) is 0 Å². The first kappa shape index (κ1) is 26.7. The predicted molar refractivity (Wildman–Crippen MR) is 157 cm³/mol. The first-order chi connectivity index (χ1) is 19.9. The van der Waals surface area contributed by atoms with Crippen LogP contribution in [0.15, 0.2) is 73.3 Å². The number of hydrogen-bond donors (Lipinski definition) is 2. The normalized spacial score (nSPS) is 14.7. The molecule has 0 radical (unpaired) electrons. The van der Waals surface area contributed by atoms with Gasteiger partial charge in [-0.15, -0.1) is 0 Å². The second-order valence-electron chi connectivity index (χ2n) is 9.31. The van der Waals surface area contributed by atoms with Crippen LogP contribution < -0.4 is 15.5 Å². The van der Waals surface area contributed by atoms with E-state index in [-0.39, 0.29) is 0 Å². The second kappa shape index (κ2) is 11.5. The zero-order valence-corrected chi connectivity index (χ0v) is 23.3. The first-order valence-corrected chi connectivity index (χ1v) is 13.6. The lowest BCUT2D eigenvalue weighted by molar-refractivity contribution is 0.585. The highest BCUT2D eigenvalue weighted by Gasteiger charge is 2.21. The molecule has 1 aliphatic heterocycles. The molecule has 11 nitrogen and oxygen atoms in total. The van der Waals surface area contributed by atoms with E-state index in [1.54, 1.807) is 53.6 Å². The molecule has 1 unspecified atom stereocenters. The van der Waals surface area contributed by atoms with E-state index in [1.807, 2.05) is 12.1 Å². The fourth-order valence-corrected chi connectivity index (χ4v) is 5.02. The summed E-state index contributed by atoms with van der Waals surface area (Å²) in [6, 6.07) is 14.4. The van der Waals surface area contributed by atoms with E-state index in [1.165, 1.54) is 23.4 Å². The number of halogens is 3. The minimum absolute atomic E-state index is 0.305. The Balaban J connectivity index is 0.000000152. The molecule has 1 aliphatic rings. The molecule has 0 aliphatic carbocycles. The summed E-state index contributed by atoms with van der Waals surface area (Å²) in [5.41, 5.74) is 2.70. The molecule has 1 atom stereocenters. The molecule has 1 fully saturated rings. The Kier molecular flexibility index (Phi) is 7.49. The molecule has 0 bridgehead atoms. The van der Waals surface area contributed by atoms with Gasteiger partial charge in [0.1, 0.15) is 17.5 Å². The van der Waals surface area contributed by atoms with E-state index >= 15 is 0 Å². The van der Waals surface area contributed by atoms with Crippen LogP contribution in [0.4, 0.5) is 33.2 Å². The highest BCUT2D eigenvalue weighted by Crippen LogP contribution is 2.27. The summed E-state index contributed by atoms with van der Waals surface area (Å²) in [7, 11) is 0. The maximum absolute atomic E-state index is 13.0. The highest BCUT2D eigenvalue weighted by atomic mass is 35.5. The van der Waals surface area contributed by atoms with Crippen molar-refractivity contribution >= 4 is 63.3 Å². The zero-order valence-electron chi connectivity index (χ0n) is 21.8. The van der Waals surface area contributed by atoms with Crippen LogP contribution in [-0.4, -0.2) is 51.8 Å². The summed E-state index contributed by atoms with van der Waals surface area (Å²) in [5, 5.41) is 15.2. The van der Waals surface area contributed by atoms with Crippen molar-refractivity contribution in [3.05, 3.63) is 89.6 Å². The molecule has 0 saturated carbocycles. The topological polar surface area (TPSA) is 113 Å². The Morgan fingerprint density at radius 3 is 1.98 bits per heavy atom. The highest BCUT2D eigenvalue weighted by molar-refractivity contribution is 6.30. The van der Waals surface area contributed by atoms with Gasteiger partial charge in [0.05, 0.1) is 11.4 Å². The Morgan fingerprint density at radius 2 is 1.41 bits per heavy atom. The molecule has 2 N–H and O–H groups in total. The third-order valence-corrected chi connectivity index (χ3v) is 6.85. The summed E-state index contributed by atoms with van der Waals surface area (Å²) in [4.78, 5) is 19.2. The molecular formula is C27H24Cl2FN11. The van der Waals surface area contributed by atoms with E-state index in [9.17, 15) is 4.39 Å². The number of hydrogen-bond acceptors (Lipinski definition) is 9. The number of aromatic nitrogens is 8. The predicted octanol–water partition coefficient (Wildman–Crippen LogP) is 6.17. The van der Waals surface area contributed by atoms with Crippen molar-refractivity contribution < 1.29 is 4.39 Å². The molecule has 41 heavy (non-hydrogen) atoms. The van der Waals surface area contributed by atoms with Crippen molar-refractivity contribution in [1.29, 1.82) is 0 Å². The number of rotatable bonds is 5. The molecule has 208 valence electrons. The van der Waals surface area contributed by atoms with Gasteiger partial charge in [-0.05, 0) is 44.0 Å². The molecular weight excluding hydrogens is 568 g/mol. The number of nitrogens with one attached hydrogen (secondary N) is 2. The lowest BCUT2D eigenvalue weighted by Crippen LogP contribution is -2.27. The fraction of sp³-hybridized carbons (Fsp3) is 0.185. The minimum Gasteiger partial charge on any atom is -0.354 e. The van der Waals surface area contributed by atoms with Gasteiger partial charge in [-0.3, -0.25) is 0 Å². The van der Waals surface area contributed by atoms with Crippen LogP contribution in [0.1, 0.15) is 19.8 Å². The van der Waals surface area contributed by atoms with Crippen molar-refractivity contribution in [1.82, 2.24) is 39.2 Å². The third-order valence-electron chi connectivity index (χ3n) is 6.48. The molecule has 7 heterocycles. The van der Waals surface area contributed by atoms with Gasteiger partial charge in [-0.2, -0.15) is 14.6 Å². The standard InChI is InChI=1S/C16H17ClN6.C11H7ClFN5/c1-11-4-3-8-22(11)15-6-2-5-14(20-15)19-12-10-13(17)21-23-9-7-18-16(12)23;12-8-6-7(11-14-4-5-18(11)17-8)15-10-3-1-2-9(13)16-10/h2,5-7,9-11H,3-4,8H2,1H3,(H,19,20);1-6H,(H,15,16). The summed E-state index contributed by atoms with van der Waals surface area (Å²) in [5.74, 6) is 1.59. The van der Waals surface area contributed by atoms with Crippen LogP contribution >= 0.6 is 23.2 Å². The lowest BCUT2D eigenvalue weighted by Gasteiger charge is -2.23. The maximum Gasteiger partial charge on any atom is 0.214 e. The Morgan fingerprint density at radius 1 is 0.829 bits per heavy atom. The van der Waals surface area contributed by atoms with E-state index in [0.717, 1.165) is 29.5 Å². The lowest BCUT2D eigenvalue weighted by atomic mass is 10.2. The van der Waals surface area contributed by atoms with Crippen LogP contribution in [0.5, 0.6) is 0 Å². The number of anilines is 5. The number of fused-ring (bicyclic) bond motifs is 2. The van der Waals surface area contributed by atoms with Gasteiger partial charge in [-0.25, -0.2) is 29.0 Å². The second-order valence-corrected chi connectivity index (χ2v) is 10.1. The summed E-state index contributed by atoms with van der Waals surface area (Å²) >= 11 is 12.0. The molecule has 6 aromatic heterocycles. The van der Waals surface area contributed by atoms with Crippen molar-refractivity contribution in [2.75, 3.05) is 22.1 Å². The van der Waals surface area contributed by atoms with Gasteiger partial charge in [0.15, 0.2) is 21.6 Å². The van der Waals surface area contributed by atoms with E-state index in [0.29, 0.717) is 33.5 Å². The van der Waals surface area contributed by atoms with Crippen LogP contribution in [0.2, 0.25) is 10.3 Å². The minimum atomic E-state index is -0.556. The van der Waals surface area contributed by atoms with E-state index in [2.05, 4.69) is 53.7 Å². The van der Waals surface area contributed by atoms with Gasteiger partial charge < -0.3 is 15.5 Å². The third kappa shape index (κ3) is 5.98. The first-order valence-electron chi connectivity index (χ1n) is 12.8. The summed E-state index contributed by atoms with van der Waals surface area (Å²) in [6.45, 7) is 3.30. The Bertz CT molecular complexity index is 1820. The maximum atomic E-state index is 13.0. The zero-order chi connectivity index (χ0) is 28.3. The van der Waals surface area contributed by atoms with Crippen LogP contribution in [0.25, 0.3) is 11.3 Å². The molecule has 14 heteroatoms.